The summed E-state index contributed by atoms with van der Waals surface area (Å²) in [5.41, 5.74) is 6.99. The Bertz CT molecular complexity index is 547. The normalized spacial score (nSPS) is 15.3. The van der Waals surface area contributed by atoms with E-state index in [4.69, 9.17) is 5.73 Å². The highest BCUT2D eigenvalue weighted by Gasteiger charge is 2.22. The highest BCUT2D eigenvalue weighted by atomic mass is 32.2. The Balaban J connectivity index is 2.09. The maximum absolute atomic E-state index is 12.5. The van der Waals surface area contributed by atoms with Gasteiger partial charge in [0.25, 0.3) is 0 Å². The molecule has 126 valence electrons. The van der Waals surface area contributed by atoms with Gasteiger partial charge in [0.1, 0.15) is 6.04 Å². The fourth-order valence-electron chi connectivity index (χ4n) is 2.71. The van der Waals surface area contributed by atoms with Crippen LogP contribution in [-0.4, -0.2) is 43.1 Å². The largest absolute Gasteiger partial charge is 0.370 e. The van der Waals surface area contributed by atoms with Crippen molar-refractivity contribution < 1.29 is 9.59 Å². The third kappa shape index (κ3) is 5.06. The first kappa shape index (κ1) is 17.5. The molecule has 3 amide bonds. The van der Waals surface area contributed by atoms with Gasteiger partial charge in [-0.3, -0.25) is 4.79 Å². The number of hydrogen-bond donors (Lipinski definition) is 3. The zero-order valence-corrected chi connectivity index (χ0v) is 14.2. The molecule has 2 rings (SSSR count). The summed E-state index contributed by atoms with van der Waals surface area (Å²) >= 11 is 1.62. The molecular formula is C16H24N4O2S. The zero-order chi connectivity index (χ0) is 16.7. The number of carbonyl (C=O) groups excluding carboxylic acids is 2. The van der Waals surface area contributed by atoms with Gasteiger partial charge in [0, 0.05) is 13.1 Å². The number of amides is 3. The Morgan fingerprint density at radius 3 is 2.65 bits per heavy atom. The molecular weight excluding hydrogens is 312 g/mol. The monoisotopic (exact) mass is 336 g/mol. The molecule has 6 nitrogen and oxygen atoms in total. The molecule has 4 N–H and O–H groups in total. The molecule has 1 aliphatic rings. The topological polar surface area (TPSA) is 87.5 Å². The second-order valence-electron chi connectivity index (χ2n) is 5.54. The van der Waals surface area contributed by atoms with Crippen LogP contribution in [0.4, 0.5) is 16.2 Å². The first-order valence-electron chi connectivity index (χ1n) is 7.81. The van der Waals surface area contributed by atoms with Crippen LogP contribution in [0.25, 0.3) is 0 Å². The minimum atomic E-state index is -0.681. The number of rotatable bonds is 7. The molecule has 0 spiro atoms. The van der Waals surface area contributed by atoms with E-state index in [0.29, 0.717) is 6.42 Å². The van der Waals surface area contributed by atoms with Crippen LogP contribution in [0.3, 0.4) is 0 Å². The van der Waals surface area contributed by atoms with Crippen molar-refractivity contribution in [1.82, 2.24) is 5.32 Å². The van der Waals surface area contributed by atoms with Crippen molar-refractivity contribution in [2.75, 3.05) is 35.3 Å². The van der Waals surface area contributed by atoms with Crippen molar-refractivity contribution in [2.24, 2.45) is 5.73 Å². The maximum atomic E-state index is 12.5. The van der Waals surface area contributed by atoms with Crippen molar-refractivity contribution >= 4 is 35.1 Å². The van der Waals surface area contributed by atoms with Crippen molar-refractivity contribution in [1.29, 1.82) is 0 Å². The lowest BCUT2D eigenvalue weighted by Gasteiger charge is -2.23. The lowest BCUT2D eigenvalue weighted by Crippen LogP contribution is -2.46. The summed E-state index contributed by atoms with van der Waals surface area (Å²) in [6.45, 7) is 2.00. The third-order valence-electron chi connectivity index (χ3n) is 3.85. The van der Waals surface area contributed by atoms with Crippen LogP contribution < -0.4 is 21.3 Å². The van der Waals surface area contributed by atoms with E-state index in [1.165, 1.54) is 12.8 Å². The van der Waals surface area contributed by atoms with Gasteiger partial charge in [0.05, 0.1) is 11.4 Å². The van der Waals surface area contributed by atoms with E-state index in [1.807, 2.05) is 30.5 Å². The highest BCUT2D eigenvalue weighted by Crippen LogP contribution is 2.28. The molecule has 1 fully saturated rings. The third-order valence-corrected chi connectivity index (χ3v) is 4.50. The van der Waals surface area contributed by atoms with Gasteiger partial charge >= 0.3 is 6.03 Å². The minimum Gasteiger partial charge on any atom is -0.370 e. The fourth-order valence-corrected chi connectivity index (χ4v) is 3.18. The highest BCUT2D eigenvalue weighted by molar-refractivity contribution is 7.98. The maximum Gasteiger partial charge on any atom is 0.312 e. The van der Waals surface area contributed by atoms with Gasteiger partial charge in [0.15, 0.2) is 0 Å². The fraction of sp³-hybridized carbons (Fsp3) is 0.500. The minimum absolute atomic E-state index is 0.232. The lowest BCUT2D eigenvalue weighted by atomic mass is 10.2. The average Bonchev–Trinajstić information content (AvgIpc) is 3.05. The molecule has 23 heavy (non-hydrogen) atoms. The van der Waals surface area contributed by atoms with Crippen LogP contribution in [-0.2, 0) is 4.79 Å². The molecule has 1 saturated heterocycles. The molecule has 0 bridgehead atoms. The van der Waals surface area contributed by atoms with E-state index in [-0.39, 0.29) is 5.91 Å². The number of hydrogen-bond acceptors (Lipinski definition) is 4. The van der Waals surface area contributed by atoms with E-state index < -0.39 is 12.1 Å². The molecule has 1 aromatic rings. The number of para-hydroxylation sites is 2. The number of thioether (sulfide) groups is 1. The number of anilines is 2. The number of urea groups is 1. The Morgan fingerprint density at radius 2 is 2.00 bits per heavy atom. The first-order valence-corrected chi connectivity index (χ1v) is 9.21. The van der Waals surface area contributed by atoms with Crippen LogP contribution in [0.1, 0.15) is 19.3 Å². The summed E-state index contributed by atoms with van der Waals surface area (Å²) in [4.78, 5) is 25.9. The van der Waals surface area contributed by atoms with Gasteiger partial charge in [-0.1, -0.05) is 12.1 Å². The molecule has 7 heteroatoms. The van der Waals surface area contributed by atoms with Crippen molar-refractivity contribution in [3.8, 4) is 0 Å². The van der Waals surface area contributed by atoms with Crippen LogP contribution in [0.15, 0.2) is 24.3 Å². The number of nitrogens with zero attached hydrogens (tertiary/aromatic N) is 1. The quantitative estimate of drug-likeness (QED) is 0.711. The molecule has 1 aromatic carbocycles. The molecule has 0 saturated carbocycles. The molecule has 0 radical (unpaired) electrons. The molecule has 1 unspecified atom stereocenters. The molecule has 0 aliphatic carbocycles. The van der Waals surface area contributed by atoms with E-state index in [1.54, 1.807) is 11.8 Å². The zero-order valence-electron chi connectivity index (χ0n) is 13.4. The van der Waals surface area contributed by atoms with Crippen molar-refractivity contribution in [2.45, 2.75) is 25.3 Å². The number of carbonyl (C=O) groups is 2. The molecule has 1 aliphatic heterocycles. The number of nitrogens with two attached hydrogens (primary N) is 1. The summed E-state index contributed by atoms with van der Waals surface area (Å²) in [6, 6.07) is 6.47. The van der Waals surface area contributed by atoms with Gasteiger partial charge in [-0.2, -0.15) is 11.8 Å². The lowest BCUT2D eigenvalue weighted by molar-refractivity contribution is -0.117. The Labute approximate surface area is 141 Å². The van der Waals surface area contributed by atoms with Gasteiger partial charge in [0.2, 0.25) is 5.91 Å². The van der Waals surface area contributed by atoms with Crippen LogP contribution in [0, 0.1) is 0 Å². The Kier molecular flexibility index (Phi) is 6.58. The average molecular weight is 336 g/mol. The second kappa shape index (κ2) is 8.67. The first-order chi connectivity index (χ1) is 11.1. The molecule has 1 atom stereocenters. The number of nitrogens with one attached hydrogen (secondary N) is 2. The standard InChI is InChI=1S/C16H24N4O2S/c1-23-11-8-13(19-16(17)22)15(21)18-12-6-2-3-7-14(12)20-9-4-5-10-20/h2-3,6-7,13H,4-5,8-11H2,1H3,(H,18,21)(H3,17,19,22). The Morgan fingerprint density at radius 1 is 1.30 bits per heavy atom. The van der Waals surface area contributed by atoms with Crippen LogP contribution in [0.2, 0.25) is 0 Å². The number of primary amides is 1. The summed E-state index contributed by atoms with van der Waals surface area (Å²) in [6.07, 6.45) is 4.84. The van der Waals surface area contributed by atoms with Crippen molar-refractivity contribution in [3.63, 3.8) is 0 Å². The van der Waals surface area contributed by atoms with Gasteiger partial charge in [-0.15, -0.1) is 0 Å². The summed E-state index contributed by atoms with van der Waals surface area (Å²) < 4.78 is 0. The smallest absolute Gasteiger partial charge is 0.312 e. The number of benzene rings is 1. The predicted octanol–water partition coefficient (Wildman–Crippen LogP) is 2.02. The van der Waals surface area contributed by atoms with Gasteiger partial charge < -0.3 is 21.3 Å². The van der Waals surface area contributed by atoms with E-state index in [0.717, 1.165) is 30.2 Å². The molecule has 1 heterocycles. The summed E-state index contributed by atoms with van der Waals surface area (Å²) in [5.74, 6) is 0.538. The summed E-state index contributed by atoms with van der Waals surface area (Å²) in [5, 5.41) is 5.47. The Hall–Kier alpha value is -1.89. The molecule has 0 aromatic heterocycles. The van der Waals surface area contributed by atoms with Gasteiger partial charge in [-0.05, 0) is 43.4 Å². The second-order valence-corrected chi connectivity index (χ2v) is 6.53. The van der Waals surface area contributed by atoms with Crippen LogP contribution >= 0.6 is 11.8 Å². The predicted molar refractivity (Wildman–Crippen MR) is 96.0 cm³/mol. The van der Waals surface area contributed by atoms with Gasteiger partial charge in [-0.25, -0.2) is 4.79 Å². The van der Waals surface area contributed by atoms with E-state index in [2.05, 4.69) is 15.5 Å². The van der Waals surface area contributed by atoms with Crippen molar-refractivity contribution in [3.05, 3.63) is 24.3 Å². The van der Waals surface area contributed by atoms with Crippen LogP contribution in [0.5, 0.6) is 0 Å². The summed E-state index contributed by atoms with van der Waals surface area (Å²) in [7, 11) is 0. The van der Waals surface area contributed by atoms with E-state index >= 15 is 0 Å². The SMILES string of the molecule is CSCCC(NC(N)=O)C(=O)Nc1ccccc1N1CCCC1. The van der Waals surface area contributed by atoms with E-state index in [9.17, 15) is 9.59 Å².